The van der Waals surface area contributed by atoms with E-state index < -0.39 is 0 Å². The Labute approximate surface area is 333 Å². The number of thiophene rings is 1. The van der Waals surface area contributed by atoms with Crippen LogP contribution >= 0.6 is 11.3 Å². The molecule has 0 amide bonds. The number of anilines is 3. The molecule has 10 aromatic carbocycles. The van der Waals surface area contributed by atoms with Gasteiger partial charge in [-0.25, -0.2) is 0 Å². The molecule has 3 heteroatoms. The summed E-state index contributed by atoms with van der Waals surface area (Å²) >= 11 is 1.87. The Morgan fingerprint density at radius 1 is 0.386 bits per heavy atom. The highest BCUT2D eigenvalue weighted by Gasteiger charge is 2.24. The third-order valence-corrected chi connectivity index (χ3v) is 12.9. The maximum atomic E-state index is 6.76. The molecule has 0 aliphatic rings. The Kier molecular flexibility index (Phi) is 7.13. The fourth-order valence-electron chi connectivity index (χ4n) is 9.07. The summed E-state index contributed by atoms with van der Waals surface area (Å²) in [7, 11) is 0. The average Bonchev–Trinajstić information content (AvgIpc) is 3.86. The van der Waals surface area contributed by atoms with E-state index in [1.165, 1.54) is 69.4 Å². The van der Waals surface area contributed by atoms with Gasteiger partial charge in [-0.05, 0) is 86.6 Å². The van der Waals surface area contributed by atoms with Gasteiger partial charge >= 0.3 is 0 Å². The van der Waals surface area contributed by atoms with Gasteiger partial charge in [0.15, 0.2) is 0 Å². The molecule has 0 N–H and O–H groups in total. The summed E-state index contributed by atoms with van der Waals surface area (Å²) in [6, 6.07) is 72.7. The van der Waals surface area contributed by atoms with Gasteiger partial charge in [-0.15, -0.1) is 11.3 Å². The lowest BCUT2D eigenvalue weighted by Gasteiger charge is -2.29. The fourth-order valence-corrected chi connectivity index (χ4v) is 10.3. The van der Waals surface area contributed by atoms with Crippen LogP contribution in [-0.4, -0.2) is 0 Å². The highest BCUT2D eigenvalue weighted by atomic mass is 32.1. The SMILES string of the molecule is c1ccc(N(c2ccc(-c3cc4ccccc4c4ccccc34)cc2)c2cccc3oc4c5ccccc5ccc4c23)c(-c2cccc3c2sc2ccccc23)c1. The molecule has 0 bridgehead atoms. The molecule has 0 spiro atoms. The molecule has 12 aromatic rings. The minimum Gasteiger partial charge on any atom is -0.455 e. The Hall–Kier alpha value is -7.20. The molecule has 0 atom stereocenters. The van der Waals surface area contributed by atoms with E-state index in [1.807, 2.05) is 11.3 Å². The van der Waals surface area contributed by atoms with Crippen molar-refractivity contribution in [3.63, 3.8) is 0 Å². The summed E-state index contributed by atoms with van der Waals surface area (Å²) in [5.74, 6) is 0. The van der Waals surface area contributed by atoms with E-state index in [9.17, 15) is 0 Å². The van der Waals surface area contributed by atoms with Crippen LogP contribution in [0.1, 0.15) is 0 Å². The number of benzene rings is 10. The molecule has 0 aliphatic heterocycles. The van der Waals surface area contributed by atoms with Crippen LogP contribution in [0.15, 0.2) is 205 Å². The summed E-state index contributed by atoms with van der Waals surface area (Å²) < 4.78 is 9.36. The van der Waals surface area contributed by atoms with Gasteiger partial charge in [0.1, 0.15) is 11.2 Å². The van der Waals surface area contributed by atoms with Crippen LogP contribution in [0.4, 0.5) is 17.1 Å². The highest BCUT2D eigenvalue weighted by Crippen LogP contribution is 2.49. The minimum atomic E-state index is 0.868. The highest BCUT2D eigenvalue weighted by molar-refractivity contribution is 7.26. The second kappa shape index (κ2) is 12.7. The molecule has 0 saturated heterocycles. The molecule has 0 saturated carbocycles. The largest absolute Gasteiger partial charge is 0.455 e. The molecular formula is C54H33NOS. The first kappa shape index (κ1) is 32.1. The van der Waals surface area contributed by atoms with E-state index in [0.29, 0.717) is 0 Å². The number of rotatable bonds is 5. The van der Waals surface area contributed by atoms with Crippen LogP contribution in [-0.2, 0) is 0 Å². The summed E-state index contributed by atoms with van der Waals surface area (Å²) in [6.07, 6.45) is 0. The fraction of sp³-hybridized carbons (Fsp3) is 0. The van der Waals surface area contributed by atoms with Crippen LogP contribution in [0.2, 0.25) is 0 Å². The second-order valence-electron chi connectivity index (χ2n) is 14.8. The third kappa shape index (κ3) is 4.96. The molecular weight excluding hydrogens is 711 g/mol. The lowest BCUT2D eigenvalue weighted by molar-refractivity contribution is 0.672. The standard InChI is InChI=1S/C54H33NOS/c1-4-16-39-34(13-1)29-32-46-52-49(24-12-25-50(52)56-53(39)46)55(48-23-9-7-19-42(48)44-21-11-22-45-43-20-8-10-26-51(43)57-54(44)45)37-30-27-35(28-31-37)47-33-36-14-2-3-15-38(36)40-17-5-6-18-41(40)47/h1-33H. The van der Waals surface area contributed by atoms with Gasteiger partial charge in [0.05, 0.1) is 16.8 Å². The van der Waals surface area contributed by atoms with Crippen molar-refractivity contribution < 1.29 is 4.42 Å². The quantitative estimate of drug-likeness (QED) is 0.163. The molecule has 266 valence electrons. The maximum absolute atomic E-state index is 6.76. The van der Waals surface area contributed by atoms with Crippen molar-refractivity contribution in [2.24, 2.45) is 0 Å². The number of fused-ring (bicyclic) bond motifs is 11. The van der Waals surface area contributed by atoms with Crippen LogP contribution in [0.25, 0.3) is 96.7 Å². The van der Waals surface area contributed by atoms with Crippen molar-refractivity contribution >= 4 is 103 Å². The Morgan fingerprint density at radius 2 is 1.04 bits per heavy atom. The maximum Gasteiger partial charge on any atom is 0.143 e. The third-order valence-electron chi connectivity index (χ3n) is 11.7. The predicted octanol–water partition coefficient (Wildman–Crippen LogP) is 16.2. The van der Waals surface area contributed by atoms with Crippen molar-refractivity contribution in [2.75, 3.05) is 4.90 Å². The normalized spacial score (nSPS) is 11.9. The topological polar surface area (TPSA) is 16.4 Å². The van der Waals surface area contributed by atoms with Crippen LogP contribution in [0.3, 0.4) is 0 Å². The Bertz CT molecular complexity index is 3540. The number of nitrogens with zero attached hydrogens (tertiary/aromatic N) is 1. The van der Waals surface area contributed by atoms with E-state index in [2.05, 4.69) is 205 Å². The van der Waals surface area contributed by atoms with Gasteiger partial charge in [0, 0.05) is 47.8 Å². The smallest absolute Gasteiger partial charge is 0.143 e. The number of hydrogen-bond acceptors (Lipinski definition) is 3. The van der Waals surface area contributed by atoms with Gasteiger partial charge in [-0.3, -0.25) is 0 Å². The van der Waals surface area contributed by atoms with Gasteiger partial charge in [0.25, 0.3) is 0 Å². The van der Waals surface area contributed by atoms with Gasteiger partial charge in [-0.1, -0.05) is 152 Å². The molecule has 12 rings (SSSR count). The number of hydrogen-bond donors (Lipinski definition) is 0. The Morgan fingerprint density at radius 3 is 1.91 bits per heavy atom. The van der Waals surface area contributed by atoms with Crippen molar-refractivity contribution in [1.29, 1.82) is 0 Å². The molecule has 0 fully saturated rings. The van der Waals surface area contributed by atoms with Gasteiger partial charge < -0.3 is 9.32 Å². The summed E-state index contributed by atoms with van der Waals surface area (Å²) in [5, 5.41) is 12.1. The number of furan rings is 1. The second-order valence-corrected chi connectivity index (χ2v) is 15.8. The molecule has 2 nitrogen and oxygen atoms in total. The predicted molar refractivity (Wildman–Crippen MR) is 245 cm³/mol. The lowest BCUT2D eigenvalue weighted by atomic mass is 9.93. The molecule has 0 aliphatic carbocycles. The van der Waals surface area contributed by atoms with Crippen molar-refractivity contribution in [3.05, 3.63) is 200 Å². The van der Waals surface area contributed by atoms with E-state index in [0.717, 1.165) is 44.4 Å². The first-order valence-corrected chi connectivity index (χ1v) is 20.2. The van der Waals surface area contributed by atoms with Gasteiger partial charge in [0.2, 0.25) is 0 Å². The van der Waals surface area contributed by atoms with Crippen molar-refractivity contribution in [2.45, 2.75) is 0 Å². The summed E-state index contributed by atoms with van der Waals surface area (Å²) in [4.78, 5) is 2.44. The molecule has 57 heavy (non-hydrogen) atoms. The monoisotopic (exact) mass is 743 g/mol. The first-order chi connectivity index (χ1) is 28.3. The lowest BCUT2D eigenvalue weighted by Crippen LogP contribution is -2.11. The number of para-hydroxylation sites is 1. The molecule has 2 aromatic heterocycles. The van der Waals surface area contributed by atoms with E-state index in [4.69, 9.17) is 4.42 Å². The van der Waals surface area contributed by atoms with Crippen molar-refractivity contribution in [3.8, 4) is 22.3 Å². The van der Waals surface area contributed by atoms with E-state index in [1.54, 1.807) is 0 Å². The molecule has 0 radical (unpaired) electrons. The van der Waals surface area contributed by atoms with Crippen LogP contribution in [0.5, 0.6) is 0 Å². The zero-order chi connectivity index (χ0) is 37.5. The molecule has 0 unspecified atom stereocenters. The zero-order valence-electron chi connectivity index (χ0n) is 30.8. The minimum absolute atomic E-state index is 0.868. The van der Waals surface area contributed by atoms with Crippen LogP contribution in [0, 0.1) is 0 Å². The zero-order valence-corrected chi connectivity index (χ0v) is 31.6. The first-order valence-electron chi connectivity index (χ1n) is 19.4. The summed E-state index contributed by atoms with van der Waals surface area (Å²) in [5.41, 5.74) is 9.84. The van der Waals surface area contributed by atoms with E-state index in [-0.39, 0.29) is 0 Å². The van der Waals surface area contributed by atoms with Crippen LogP contribution < -0.4 is 4.90 Å². The molecule has 2 heterocycles. The van der Waals surface area contributed by atoms with E-state index >= 15 is 0 Å². The van der Waals surface area contributed by atoms with Gasteiger partial charge in [-0.2, -0.15) is 0 Å². The Balaban J connectivity index is 1.11. The summed E-state index contributed by atoms with van der Waals surface area (Å²) in [6.45, 7) is 0. The van der Waals surface area contributed by atoms with Crippen molar-refractivity contribution in [1.82, 2.24) is 0 Å². The average molecular weight is 744 g/mol.